The second-order valence-corrected chi connectivity index (χ2v) is 6.59. The van der Waals surface area contributed by atoms with Gasteiger partial charge in [-0.05, 0) is 18.2 Å². The van der Waals surface area contributed by atoms with Gasteiger partial charge in [-0.3, -0.25) is 30.3 Å². The van der Waals surface area contributed by atoms with Crippen LogP contribution in [0.4, 0.5) is 0 Å². The van der Waals surface area contributed by atoms with E-state index >= 15 is 0 Å². The van der Waals surface area contributed by atoms with Crippen LogP contribution in [0.15, 0.2) is 47.1 Å². The first-order valence-corrected chi connectivity index (χ1v) is 9.09. The number of nitrogens with one attached hydrogen (secondary N) is 4. The van der Waals surface area contributed by atoms with E-state index in [1.165, 1.54) is 12.3 Å². The lowest BCUT2D eigenvalue weighted by atomic mass is 9.99. The highest BCUT2D eigenvalue weighted by molar-refractivity contribution is 7.80. The van der Waals surface area contributed by atoms with Crippen LogP contribution in [0.1, 0.15) is 33.8 Å². The van der Waals surface area contributed by atoms with Gasteiger partial charge in [-0.15, -0.1) is 0 Å². The van der Waals surface area contributed by atoms with Crippen LogP contribution in [-0.2, 0) is 19.5 Å². The molecular formula is C15H16N4O7S. The van der Waals surface area contributed by atoms with Crippen LogP contribution in [0.3, 0.4) is 0 Å². The summed E-state index contributed by atoms with van der Waals surface area (Å²) in [6, 6.07) is 8.25. The maximum absolute atomic E-state index is 12.4. The van der Waals surface area contributed by atoms with Crippen molar-refractivity contribution in [3.8, 4) is 0 Å². The zero-order chi connectivity index (χ0) is 19.4. The number of hydroxylamine groups is 1. The Bertz CT molecular complexity index is 929. The van der Waals surface area contributed by atoms with Gasteiger partial charge < -0.3 is 4.42 Å². The molecule has 0 saturated heterocycles. The standard InChI is InChI=1S/C15H16N4O7S/c20-14(9-4-2-1-3-5-9)17-18-15(21)12-13-10(6-7-25-13)11(8-16-12)19-26-27(22,23)24/h1-7,11-12,16,19H,8H2,(H,17,20)(H,18,21)(H,22,23,24)/t11-,12-/m0/s1. The van der Waals surface area contributed by atoms with Crippen molar-refractivity contribution in [2.45, 2.75) is 12.1 Å². The molecule has 2 heterocycles. The Morgan fingerprint density at radius 3 is 2.63 bits per heavy atom. The lowest BCUT2D eigenvalue weighted by Gasteiger charge is -2.28. The summed E-state index contributed by atoms with van der Waals surface area (Å²) >= 11 is 0. The van der Waals surface area contributed by atoms with E-state index in [4.69, 9.17) is 8.97 Å². The molecule has 12 heteroatoms. The summed E-state index contributed by atoms with van der Waals surface area (Å²) in [6.07, 6.45) is 1.32. The van der Waals surface area contributed by atoms with Crippen molar-refractivity contribution in [1.82, 2.24) is 21.6 Å². The van der Waals surface area contributed by atoms with Gasteiger partial charge in [-0.2, -0.15) is 18.2 Å². The number of carbonyl (C=O) groups is 2. The highest BCUT2D eigenvalue weighted by atomic mass is 32.3. The fraction of sp³-hybridized carbons (Fsp3) is 0.200. The molecule has 0 bridgehead atoms. The molecule has 2 atom stereocenters. The predicted molar refractivity (Wildman–Crippen MR) is 90.0 cm³/mol. The zero-order valence-electron chi connectivity index (χ0n) is 13.7. The number of benzene rings is 1. The van der Waals surface area contributed by atoms with E-state index in [-0.39, 0.29) is 12.3 Å². The molecule has 0 saturated carbocycles. The molecule has 11 nitrogen and oxygen atoms in total. The van der Waals surface area contributed by atoms with E-state index in [9.17, 15) is 18.0 Å². The van der Waals surface area contributed by atoms with Crippen LogP contribution in [0.25, 0.3) is 0 Å². The molecule has 144 valence electrons. The van der Waals surface area contributed by atoms with E-state index < -0.39 is 34.3 Å². The predicted octanol–water partition coefficient (Wildman–Crippen LogP) is -0.250. The Kier molecular flexibility index (Phi) is 5.53. The third-order valence-electron chi connectivity index (χ3n) is 3.78. The second kappa shape index (κ2) is 7.85. The Labute approximate surface area is 153 Å². The van der Waals surface area contributed by atoms with E-state index in [2.05, 4.69) is 25.9 Å². The molecule has 3 rings (SSSR count). The minimum Gasteiger partial charge on any atom is -0.467 e. The molecule has 5 N–H and O–H groups in total. The zero-order valence-corrected chi connectivity index (χ0v) is 14.5. The Morgan fingerprint density at radius 2 is 1.93 bits per heavy atom. The maximum atomic E-state index is 12.4. The molecule has 0 unspecified atom stereocenters. The third kappa shape index (κ3) is 4.69. The van der Waals surface area contributed by atoms with Gasteiger partial charge in [0.2, 0.25) is 0 Å². The summed E-state index contributed by atoms with van der Waals surface area (Å²) in [5, 5.41) is 2.83. The van der Waals surface area contributed by atoms with E-state index in [1.807, 2.05) is 0 Å². The van der Waals surface area contributed by atoms with E-state index in [0.29, 0.717) is 11.1 Å². The normalized spacial score (nSPS) is 19.1. The van der Waals surface area contributed by atoms with Gasteiger partial charge in [-0.1, -0.05) is 18.2 Å². The molecule has 1 aromatic heterocycles. The smallest absolute Gasteiger partial charge is 0.413 e. The SMILES string of the molecule is O=C(NNC(=O)[C@H]1NC[C@H](NOS(=O)(=O)O)c2ccoc21)c1ccccc1. The number of fused-ring (bicyclic) bond motifs is 1. The first-order valence-electron chi connectivity index (χ1n) is 7.72. The number of hydrazine groups is 1. The van der Waals surface area contributed by atoms with Gasteiger partial charge in [0.05, 0.1) is 12.3 Å². The average Bonchev–Trinajstić information content (AvgIpc) is 3.14. The van der Waals surface area contributed by atoms with E-state index in [1.54, 1.807) is 30.3 Å². The summed E-state index contributed by atoms with van der Waals surface area (Å²) in [7, 11) is -4.68. The van der Waals surface area contributed by atoms with Crippen LogP contribution in [-0.4, -0.2) is 31.3 Å². The van der Waals surface area contributed by atoms with E-state index in [0.717, 1.165) is 0 Å². The molecule has 1 aliphatic rings. The Balaban J connectivity index is 1.63. The molecule has 27 heavy (non-hydrogen) atoms. The molecular weight excluding hydrogens is 380 g/mol. The summed E-state index contributed by atoms with van der Waals surface area (Å²) in [5.74, 6) is -0.852. The maximum Gasteiger partial charge on any atom is 0.413 e. The van der Waals surface area contributed by atoms with Crippen LogP contribution in [0.5, 0.6) is 0 Å². The molecule has 2 amide bonds. The number of furan rings is 1. The highest BCUT2D eigenvalue weighted by Crippen LogP contribution is 2.29. The number of hydrogen-bond acceptors (Lipinski definition) is 8. The fourth-order valence-electron chi connectivity index (χ4n) is 2.58. The second-order valence-electron chi connectivity index (χ2n) is 5.57. The van der Waals surface area contributed by atoms with Crippen molar-refractivity contribution in [2.24, 2.45) is 0 Å². The molecule has 1 aliphatic heterocycles. The summed E-state index contributed by atoms with van der Waals surface area (Å²) in [6.45, 7) is 0.0901. The first kappa shape index (κ1) is 19.0. The summed E-state index contributed by atoms with van der Waals surface area (Å²) < 4.78 is 39.5. The topological polar surface area (TPSA) is 159 Å². The number of amides is 2. The molecule has 0 aliphatic carbocycles. The van der Waals surface area contributed by atoms with Crippen molar-refractivity contribution in [3.05, 3.63) is 59.5 Å². The molecule has 1 aromatic carbocycles. The van der Waals surface area contributed by atoms with Crippen molar-refractivity contribution in [1.29, 1.82) is 0 Å². The number of rotatable bonds is 5. The minimum atomic E-state index is -4.68. The lowest BCUT2D eigenvalue weighted by molar-refractivity contribution is -0.124. The lowest BCUT2D eigenvalue weighted by Crippen LogP contribution is -2.50. The molecule has 2 aromatic rings. The highest BCUT2D eigenvalue weighted by Gasteiger charge is 2.35. The van der Waals surface area contributed by atoms with Gasteiger partial charge in [0.1, 0.15) is 11.8 Å². The van der Waals surface area contributed by atoms with Crippen molar-refractivity contribution in [3.63, 3.8) is 0 Å². The van der Waals surface area contributed by atoms with Crippen LogP contribution in [0, 0.1) is 0 Å². The average molecular weight is 396 g/mol. The van der Waals surface area contributed by atoms with Gasteiger partial charge in [-0.25, -0.2) is 0 Å². The fourth-order valence-corrected chi connectivity index (χ4v) is 2.82. The molecule has 0 radical (unpaired) electrons. The largest absolute Gasteiger partial charge is 0.467 e. The van der Waals surface area contributed by atoms with Crippen molar-refractivity contribution < 1.29 is 31.3 Å². The van der Waals surface area contributed by atoms with Gasteiger partial charge in [0.25, 0.3) is 11.8 Å². The van der Waals surface area contributed by atoms with Crippen molar-refractivity contribution >= 4 is 22.2 Å². The summed E-state index contributed by atoms with van der Waals surface area (Å²) in [4.78, 5) is 24.4. The van der Waals surface area contributed by atoms with Gasteiger partial charge in [0, 0.05) is 17.7 Å². The Hall–Kier alpha value is -2.77. The summed E-state index contributed by atoms with van der Waals surface area (Å²) in [5.41, 5.74) is 7.62. The van der Waals surface area contributed by atoms with Crippen molar-refractivity contribution in [2.75, 3.05) is 6.54 Å². The Morgan fingerprint density at radius 1 is 1.19 bits per heavy atom. The van der Waals surface area contributed by atoms with Crippen LogP contribution >= 0.6 is 0 Å². The third-order valence-corrected chi connectivity index (χ3v) is 4.09. The first-order chi connectivity index (χ1) is 12.8. The van der Waals surface area contributed by atoms with Gasteiger partial charge in [0.15, 0.2) is 0 Å². The van der Waals surface area contributed by atoms with Crippen LogP contribution < -0.4 is 21.6 Å². The molecule has 0 spiro atoms. The minimum absolute atomic E-state index is 0.0901. The monoisotopic (exact) mass is 396 g/mol. The molecule has 0 fully saturated rings. The number of carbonyl (C=O) groups excluding carboxylic acids is 2. The quantitative estimate of drug-likeness (QED) is 0.339. The number of hydrogen-bond donors (Lipinski definition) is 5. The van der Waals surface area contributed by atoms with Gasteiger partial charge >= 0.3 is 10.4 Å². The van der Waals surface area contributed by atoms with Crippen LogP contribution in [0.2, 0.25) is 0 Å².